The predicted molar refractivity (Wildman–Crippen MR) is 76.2 cm³/mol. The summed E-state index contributed by atoms with van der Waals surface area (Å²) >= 11 is 3.27. The molecule has 0 spiro atoms. The van der Waals surface area contributed by atoms with Gasteiger partial charge in [0, 0.05) is 6.54 Å². The molecule has 0 aromatic carbocycles. The summed E-state index contributed by atoms with van der Waals surface area (Å²) in [4.78, 5) is 11.7. The van der Waals surface area contributed by atoms with Crippen molar-refractivity contribution in [1.29, 1.82) is 0 Å². The quantitative estimate of drug-likeness (QED) is 0.888. The smallest absolute Gasteiger partial charge is 0.288 e. The first-order valence-corrected chi connectivity index (χ1v) is 6.78. The Morgan fingerprint density at radius 3 is 3.06 bits per heavy atom. The highest BCUT2D eigenvalue weighted by Crippen LogP contribution is 2.17. The Labute approximate surface area is 121 Å². The summed E-state index contributed by atoms with van der Waals surface area (Å²) in [5.41, 5.74) is 0. The molecule has 1 saturated heterocycles. The zero-order valence-corrected chi connectivity index (χ0v) is 12.5. The summed E-state index contributed by atoms with van der Waals surface area (Å²) in [6.07, 6.45) is 5.02. The number of carbonyl (C=O) groups is 1. The van der Waals surface area contributed by atoms with Crippen molar-refractivity contribution < 1.29 is 9.21 Å². The minimum atomic E-state index is -0.148. The fourth-order valence-electron chi connectivity index (χ4n) is 2.10. The number of carbonyl (C=O) groups excluding carboxylic acids is 1. The van der Waals surface area contributed by atoms with Crippen molar-refractivity contribution in [3.63, 3.8) is 0 Å². The second kappa shape index (κ2) is 7.81. The Morgan fingerprint density at radius 2 is 2.44 bits per heavy atom. The van der Waals surface area contributed by atoms with Crippen molar-refractivity contribution in [3.05, 3.63) is 22.6 Å². The highest BCUT2D eigenvalue weighted by atomic mass is 79.9. The molecule has 1 aromatic rings. The van der Waals surface area contributed by atoms with E-state index in [1.165, 1.54) is 19.1 Å². The second-order valence-corrected chi connectivity index (χ2v) is 5.21. The molecule has 2 heterocycles. The van der Waals surface area contributed by atoms with Gasteiger partial charge in [-0.25, -0.2) is 0 Å². The molecule has 1 unspecified atom stereocenters. The Hall–Kier alpha value is -0.520. The van der Waals surface area contributed by atoms with E-state index in [1.54, 1.807) is 6.07 Å². The molecule has 6 heteroatoms. The third-order valence-electron chi connectivity index (χ3n) is 3.06. The van der Waals surface area contributed by atoms with Crippen LogP contribution in [-0.2, 0) is 0 Å². The van der Waals surface area contributed by atoms with Gasteiger partial charge < -0.3 is 15.1 Å². The minimum Gasteiger partial charge on any atom is -0.458 e. The fourth-order valence-corrected chi connectivity index (χ4v) is 2.48. The number of rotatable bonds is 4. The molecule has 1 amide bonds. The normalized spacial score (nSPS) is 19.1. The molecule has 1 fully saturated rings. The van der Waals surface area contributed by atoms with Crippen LogP contribution in [0.4, 0.5) is 0 Å². The van der Waals surface area contributed by atoms with Crippen molar-refractivity contribution in [2.24, 2.45) is 5.92 Å². The Bertz CT molecular complexity index is 378. The van der Waals surface area contributed by atoms with Gasteiger partial charge in [0.2, 0.25) is 5.76 Å². The van der Waals surface area contributed by atoms with Gasteiger partial charge in [0.1, 0.15) is 0 Å². The van der Waals surface area contributed by atoms with Crippen LogP contribution >= 0.6 is 28.3 Å². The summed E-state index contributed by atoms with van der Waals surface area (Å²) in [5, 5.41) is 6.25. The molecule has 1 aliphatic rings. The topological polar surface area (TPSA) is 54.3 Å². The van der Waals surface area contributed by atoms with Crippen LogP contribution in [0, 0.1) is 5.92 Å². The van der Waals surface area contributed by atoms with Gasteiger partial charge in [-0.15, -0.1) is 12.4 Å². The molecule has 1 aliphatic heterocycles. The maximum atomic E-state index is 11.7. The number of halogens is 2. The van der Waals surface area contributed by atoms with E-state index in [0.29, 0.717) is 22.7 Å². The van der Waals surface area contributed by atoms with Crippen LogP contribution in [0.2, 0.25) is 0 Å². The van der Waals surface area contributed by atoms with E-state index in [0.717, 1.165) is 19.5 Å². The average molecular weight is 338 g/mol. The van der Waals surface area contributed by atoms with Crippen molar-refractivity contribution in [3.8, 4) is 0 Å². The van der Waals surface area contributed by atoms with Crippen LogP contribution in [0.25, 0.3) is 0 Å². The summed E-state index contributed by atoms with van der Waals surface area (Å²) in [5.74, 6) is 0.890. The number of amides is 1. The fraction of sp³-hybridized carbons (Fsp3) is 0.583. The van der Waals surface area contributed by atoms with E-state index >= 15 is 0 Å². The van der Waals surface area contributed by atoms with Gasteiger partial charge in [-0.2, -0.15) is 0 Å². The van der Waals surface area contributed by atoms with E-state index in [-0.39, 0.29) is 18.3 Å². The first-order chi connectivity index (χ1) is 8.27. The first kappa shape index (κ1) is 15.5. The van der Waals surface area contributed by atoms with Gasteiger partial charge >= 0.3 is 0 Å². The van der Waals surface area contributed by atoms with Crippen molar-refractivity contribution in [2.45, 2.75) is 19.3 Å². The van der Waals surface area contributed by atoms with Crippen molar-refractivity contribution >= 4 is 34.2 Å². The lowest BCUT2D eigenvalue weighted by Crippen LogP contribution is -2.33. The molecule has 4 nitrogen and oxygen atoms in total. The SMILES string of the molecule is Cl.O=C(NCCC1CCCNC1)c1occc1Br. The van der Waals surface area contributed by atoms with E-state index in [4.69, 9.17) is 4.42 Å². The average Bonchev–Trinajstić information content (AvgIpc) is 2.77. The molecule has 0 bridgehead atoms. The summed E-state index contributed by atoms with van der Waals surface area (Å²) in [6.45, 7) is 2.90. The van der Waals surface area contributed by atoms with Crippen LogP contribution in [0.1, 0.15) is 29.8 Å². The number of hydrogen-bond acceptors (Lipinski definition) is 3. The largest absolute Gasteiger partial charge is 0.458 e. The minimum absolute atomic E-state index is 0. The van der Waals surface area contributed by atoms with Gasteiger partial charge in [-0.1, -0.05) is 0 Å². The number of nitrogens with one attached hydrogen (secondary N) is 2. The molecule has 2 N–H and O–H groups in total. The Morgan fingerprint density at radius 1 is 1.61 bits per heavy atom. The Balaban J connectivity index is 0.00000162. The van der Waals surface area contributed by atoms with E-state index in [1.807, 2.05) is 0 Å². The number of furan rings is 1. The molecular formula is C12H18BrClN2O2. The zero-order chi connectivity index (χ0) is 12.1. The highest BCUT2D eigenvalue weighted by molar-refractivity contribution is 9.10. The summed E-state index contributed by atoms with van der Waals surface area (Å²) < 4.78 is 5.80. The lowest BCUT2D eigenvalue weighted by molar-refractivity contribution is 0.0922. The zero-order valence-electron chi connectivity index (χ0n) is 10.1. The lowest BCUT2D eigenvalue weighted by Gasteiger charge is -2.22. The molecule has 0 saturated carbocycles. The van der Waals surface area contributed by atoms with Crippen LogP contribution in [-0.4, -0.2) is 25.5 Å². The first-order valence-electron chi connectivity index (χ1n) is 5.99. The van der Waals surface area contributed by atoms with Gasteiger partial charge in [0.25, 0.3) is 5.91 Å². The van der Waals surface area contributed by atoms with Gasteiger partial charge in [0.05, 0.1) is 10.7 Å². The Kier molecular flexibility index (Phi) is 6.75. The van der Waals surface area contributed by atoms with Gasteiger partial charge in [0.15, 0.2) is 0 Å². The van der Waals surface area contributed by atoms with E-state index < -0.39 is 0 Å². The van der Waals surface area contributed by atoms with Crippen molar-refractivity contribution in [1.82, 2.24) is 10.6 Å². The number of hydrogen-bond donors (Lipinski definition) is 2. The molecule has 2 rings (SSSR count). The number of piperidine rings is 1. The molecule has 0 radical (unpaired) electrons. The maximum Gasteiger partial charge on any atom is 0.288 e. The van der Waals surface area contributed by atoms with E-state index in [9.17, 15) is 4.79 Å². The monoisotopic (exact) mass is 336 g/mol. The molecule has 102 valence electrons. The van der Waals surface area contributed by atoms with Crippen molar-refractivity contribution in [2.75, 3.05) is 19.6 Å². The lowest BCUT2D eigenvalue weighted by atomic mass is 9.96. The van der Waals surface area contributed by atoms with Crippen LogP contribution in [0.15, 0.2) is 21.2 Å². The van der Waals surface area contributed by atoms with Gasteiger partial charge in [-0.3, -0.25) is 4.79 Å². The van der Waals surface area contributed by atoms with Gasteiger partial charge in [-0.05, 0) is 60.3 Å². The molecule has 0 aliphatic carbocycles. The predicted octanol–water partition coefficient (Wildman–Crippen LogP) is 2.58. The maximum absolute atomic E-state index is 11.7. The third-order valence-corrected chi connectivity index (χ3v) is 3.68. The second-order valence-electron chi connectivity index (χ2n) is 4.35. The summed E-state index contributed by atoms with van der Waals surface area (Å²) in [6, 6.07) is 1.72. The highest BCUT2D eigenvalue weighted by Gasteiger charge is 2.15. The van der Waals surface area contributed by atoms with Crippen LogP contribution in [0.3, 0.4) is 0 Å². The summed E-state index contributed by atoms with van der Waals surface area (Å²) in [7, 11) is 0. The molecule has 1 atom stereocenters. The molecule has 1 aromatic heterocycles. The van der Waals surface area contributed by atoms with E-state index in [2.05, 4.69) is 26.6 Å². The third kappa shape index (κ3) is 4.30. The standard InChI is InChI=1S/C12H17BrN2O2.ClH/c13-10-4-7-17-11(10)12(16)15-6-3-9-2-1-5-14-8-9;/h4,7,9,14H,1-3,5-6,8H2,(H,15,16);1H. The molecular weight excluding hydrogens is 320 g/mol. The van der Waals surface area contributed by atoms with Crippen LogP contribution < -0.4 is 10.6 Å². The van der Waals surface area contributed by atoms with Crippen LogP contribution in [0.5, 0.6) is 0 Å². The molecule has 18 heavy (non-hydrogen) atoms.